The third-order valence-electron chi connectivity index (χ3n) is 1.99. The highest BCUT2D eigenvalue weighted by Gasteiger charge is 2.39. The highest BCUT2D eigenvalue weighted by atomic mass is 19.4. The fraction of sp³-hybridized carbons (Fsp3) is 0.556. The standard InChI is InChI=1S/C9H12F3N3O2/c1-5(4-16)13-8(17)6-3-15(2)14-7(6)9(10,11)12/h3,5,16H,4H2,1-2H3,(H,13,17). The molecule has 0 bridgehead atoms. The Kier molecular flexibility index (Phi) is 3.76. The molecule has 0 saturated carbocycles. The van der Waals surface area contributed by atoms with Crippen molar-refractivity contribution in [1.29, 1.82) is 0 Å². The van der Waals surface area contributed by atoms with Crippen LogP contribution in [0.3, 0.4) is 0 Å². The number of aryl methyl sites for hydroxylation is 1. The summed E-state index contributed by atoms with van der Waals surface area (Å²) in [4.78, 5) is 11.5. The molecule has 0 fully saturated rings. The first-order valence-corrected chi connectivity index (χ1v) is 4.78. The first kappa shape index (κ1) is 13.5. The van der Waals surface area contributed by atoms with Crippen molar-refractivity contribution in [3.63, 3.8) is 0 Å². The summed E-state index contributed by atoms with van der Waals surface area (Å²) in [5, 5.41) is 14.1. The number of rotatable bonds is 3. The quantitative estimate of drug-likeness (QED) is 0.824. The number of aliphatic hydroxyl groups excluding tert-OH is 1. The van der Waals surface area contributed by atoms with E-state index in [9.17, 15) is 18.0 Å². The van der Waals surface area contributed by atoms with E-state index in [4.69, 9.17) is 5.11 Å². The van der Waals surface area contributed by atoms with E-state index in [1.54, 1.807) is 0 Å². The Morgan fingerprint density at radius 3 is 2.71 bits per heavy atom. The second-order valence-corrected chi connectivity index (χ2v) is 3.62. The molecule has 0 aromatic carbocycles. The molecule has 1 aromatic heterocycles. The molecular formula is C9H12F3N3O2. The molecule has 0 aliphatic heterocycles. The smallest absolute Gasteiger partial charge is 0.394 e. The fourth-order valence-corrected chi connectivity index (χ4v) is 1.21. The van der Waals surface area contributed by atoms with Gasteiger partial charge in [0.25, 0.3) is 5.91 Å². The van der Waals surface area contributed by atoms with Crippen molar-refractivity contribution in [3.8, 4) is 0 Å². The normalized spacial score (nSPS) is 13.5. The van der Waals surface area contributed by atoms with Gasteiger partial charge in [-0.2, -0.15) is 18.3 Å². The number of alkyl halides is 3. The maximum atomic E-state index is 12.5. The number of nitrogens with zero attached hydrogens (tertiary/aromatic N) is 2. The van der Waals surface area contributed by atoms with E-state index >= 15 is 0 Å². The SMILES string of the molecule is CC(CO)NC(=O)c1cn(C)nc1C(F)(F)F. The number of halogens is 3. The molecule has 8 heteroatoms. The largest absolute Gasteiger partial charge is 0.435 e. The van der Waals surface area contributed by atoms with Gasteiger partial charge in [0, 0.05) is 19.3 Å². The number of carbonyl (C=O) groups is 1. The van der Waals surface area contributed by atoms with Crippen LogP contribution in [0.4, 0.5) is 13.2 Å². The molecule has 0 aliphatic rings. The van der Waals surface area contributed by atoms with Crippen molar-refractivity contribution >= 4 is 5.91 Å². The highest BCUT2D eigenvalue weighted by Crippen LogP contribution is 2.30. The monoisotopic (exact) mass is 251 g/mol. The number of amides is 1. The molecule has 17 heavy (non-hydrogen) atoms. The average molecular weight is 251 g/mol. The third-order valence-corrected chi connectivity index (χ3v) is 1.99. The minimum atomic E-state index is -4.68. The predicted octanol–water partition coefficient (Wildman–Crippen LogP) is 0.549. The lowest BCUT2D eigenvalue weighted by atomic mass is 10.2. The van der Waals surface area contributed by atoms with Crippen LogP contribution in [0.2, 0.25) is 0 Å². The molecular weight excluding hydrogens is 239 g/mol. The third kappa shape index (κ3) is 3.19. The van der Waals surface area contributed by atoms with Crippen LogP contribution in [0.1, 0.15) is 23.0 Å². The van der Waals surface area contributed by atoms with Crippen LogP contribution in [0.15, 0.2) is 6.20 Å². The predicted molar refractivity (Wildman–Crippen MR) is 52.2 cm³/mol. The summed E-state index contributed by atoms with van der Waals surface area (Å²) >= 11 is 0. The van der Waals surface area contributed by atoms with E-state index < -0.39 is 29.4 Å². The minimum absolute atomic E-state index is 0.354. The summed E-state index contributed by atoms with van der Waals surface area (Å²) in [7, 11) is 1.29. The van der Waals surface area contributed by atoms with Gasteiger partial charge in [-0.1, -0.05) is 0 Å². The Balaban J connectivity index is 3.01. The molecule has 5 nitrogen and oxygen atoms in total. The molecule has 1 unspecified atom stereocenters. The highest BCUT2D eigenvalue weighted by molar-refractivity contribution is 5.95. The topological polar surface area (TPSA) is 67.2 Å². The van der Waals surface area contributed by atoms with Crippen molar-refractivity contribution in [2.75, 3.05) is 6.61 Å². The van der Waals surface area contributed by atoms with Gasteiger partial charge in [0.05, 0.1) is 12.2 Å². The Morgan fingerprint density at radius 1 is 1.65 bits per heavy atom. The maximum absolute atomic E-state index is 12.5. The summed E-state index contributed by atoms with van der Waals surface area (Å²) in [6.45, 7) is 1.12. The van der Waals surface area contributed by atoms with Crippen molar-refractivity contribution < 1.29 is 23.1 Å². The number of aliphatic hydroxyl groups is 1. The van der Waals surface area contributed by atoms with Crippen LogP contribution in [0.5, 0.6) is 0 Å². The molecule has 0 radical (unpaired) electrons. The molecule has 1 amide bonds. The summed E-state index contributed by atoms with van der Waals surface area (Å²) in [6.07, 6.45) is -3.70. The lowest BCUT2D eigenvalue weighted by Gasteiger charge is -2.11. The van der Waals surface area contributed by atoms with E-state index in [2.05, 4.69) is 10.4 Å². The molecule has 1 heterocycles. The van der Waals surface area contributed by atoms with Gasteiger partial charge >= 0.3 is 6.18 Å². The second kappa shape index (κ2) is 4.74. The van der Waals surface area contributed by atoms with Crippen LogP contribution in [0, 0.1) is 0 Å². The average Bonchev–Trinajstić information content (AvgIpc) is 2.59. The molecule has 1 atom stereocenters. The van der Waals surface area contributed by atoms with Crippen LogP contribution in [-0.4, -0.2) is 33.4 Å². The second-order valence-electron chi connectivity index (χ2n) is 3.62. The number of carbonyl (C=O) groups excluding carboxylic acids is 1. The van der Waals surface area contributed by atoms with Gasteiger partial charge < -0.3 is 10.4 Å². The summed E-state index contributed by atoms with van der Waals surface area (Å²) < 4.78 is 38.5. The molecule has 96 valence electrons. The lowest BCUT2D eigenvalue weighted by Crippen LogP contribution is -2.35. The summed E-state index contributed by atoms with van der Waals surface area (Å²) in [5.74, 6) is -0.910. The van der Waals surface area contributed by atoms with Gasteiger partial charge in [0.15, 0.2) is 5.69 Å². The van der Waals surface area contributed by atoms with Crippen LogP contribution in [0.25, 0.3) is 0 Å². The fourth-order valence-electron chi connectivity index (χ4n) is 1.21. The van der Waals surface area contributed by atoms with E-state index in [-0.39, 0.29) is 6.61 Å². The van der Waals surface area contributed by atoms with Gasteiger partial charge in [-0.25, -0.2) is 0 Å². The van der Waals surface area contributed by atoms with Gasteiger partial charge in [-0.05, 0) is 6.92 Å². The molecule has 0 saturated heterocycles. The first-order chi connectivity index (χ1) is 7.75. The van der Waals surface area contributed by atoms with Crippen molar-refractivity contribution in [2.45, 2.75) is 19.1 Å². The van der Waals surface area contributed by atoms with Crippen molar-refractivity contribution in [1.82, 2.24) is 15.1 Å². The van der Waals surface area contributed by atoms with E-state index in [1.807, 2.05) is 0 Å². The Hall–Kier alpha value is -1.57. The zero-order valence-corrected chi connectivity index (χ0v) is 9.25. The zero-order chi connectivity index (χ0) is 13.2. The number of hydrogen-bond acceptors (Lipinski definition) is 3. The number of hydrogen-bond donors (Lipinski definition) is 2. The maximum Gasteiger partial charge on any atom is 0.435 e. The Labute approximate surface area is 95.2 Å². The van der Waals surface area contributed by atoms with Gasteiger partial charge in [-0.3, -0.25) is 9.48 Å². The van der Waals surface area contributed by atoms with E-state index in [0.717, 1.165) is 10.9 Å². The molecule has 1 aromatic rings. The minimum Gasteiger partial charge on any atom is -0.394 e. The van der Waals surface area contributed by atoms with E-state index in [1.165, 1.54) is 14.0 Å². The van der Waals surface area contributed by atoms with Gasteiger partial charge in [0.1, 0.15) is 0 Å². The lowest BCUT2D eigenvalue weighted by molar-refractivity contribution is -0.141. The zero-order valence-electron chi connectivity index (χ0n) is 9.25. The first-order valence-electron chi connectivity index (χ1n) is 4.78. The van der Waals surface area contributed by atoms with Gasteiger partial charge in [0.2, 0.25) is 0 Å². The molecule has 0 aliphatic carbocycles. The number of aromatic nitrogens is 2. The summed E-state index contributed by atoms with van der Waals surface area (Å²) in [5.41, 5.74) is -1.79. The molecule has 0 spiro atoms. The number of nitrogens with one attached hydrogen (secondary N) is 1. The van der Waals surface area contributed by atoms with Crippen LogP contribution in [-0.2, 0) is 13.2 Å². The summed E-state index contributed by atoms with van der Waals surface area (Å²) in [6, 6.07) is -0.621. The molecule has 1 rings (SSSR count). The van der Waals surface area contributed by atoms with Gasteiger partial charge in [-0.15, -0.1) is 0 Å². The van der Waals surface area contributed by atoms with Crippen LogP contribution >= 0.6 is 0 Å². The Morgan fingerprint density at radius 2 is 2.24 bits per heavy atom. The molecule has 2 N–H and O–H groups in total. The van der Waals surface area contributed by atoms with Crippen LogP contribution < -0.4 is 5.32 Å². The van der Waals surface area contributed by atoms with Crippen molar-refractivity contribution in [2.24, 2.45) is 7.05 Å². The van der Waals surface area contributed by atoms with Crippen molar-refractivity contribution in [3.05, 3.63) is 17.5 Å². The Bertz CT molecular complexity index is 414. The van der Waals surface area contributed by atoms with E-state index in [0.29, 0.717) is 0 Å².